The van der Waals surface area contributed by atoms with Crippen LogP contribution < -0.4 is 10.2 Å². The average molecular weight is 406 g/mol. The van der Waals surface area contributed by atoms with Crippen LogP contribution in [0.2, 0.25) is 0 Å². The van der Waals surface area contributed by atoms with E-state index in [0.29, 0.717) is 24.3 Å². The van der Waals surface area contributed by atoms with E-state index in [2.05, 4.69) is 47.2 Å². The smallest absolute Gasteiger partial charge is 0.232 e. The number of hydrogen-bond acceptors (Lipinski definition) is 8. The summed E-state index contributed by atoms with van der Waals surface area (Å²) >= 11 is 0. The number of aliphatic hydroxyl groups is 1. The van der Waals surface area contributed by atoms with Crippen LogP contribution in [0.1, 0.15) is 17.0 Å². The van der Waals surface area contributed by atoms with Crippen molar-refractivity contribution < 1.29 is 5.11 Å². The fourth-order valence-corrected chi connectivity index (χ4v) is 3.55. The zero-order chi connectivity index (χ0) is 20.8. The fraction of sp³-hybridized carbons (Fsp3) is 0.364. The van der Waals surface area contributed by atoms with Gasteiger partial charge in [0.2, 0.25) is 11.9 Å². The molecule has 0 saturated carbocycles. The Balaban J connectivity index is 1.41. The van der Waals surface area contributed by atoms with Crippen molar-refractivity contribution in [3.05, 3.63) is 65.7 Å². The summed E-state index contributed by atoms with van der Waals surface area (Å²) in [6.07, 6.45) is 4.51. The molecule has 0 spiro atoms. The van der Waals surface area contributed by atoms with Crippen molar-refractivity contribution in [3.8, 4) is 0 Å². The Kier molecular flexibility index (Phi) is 6.46. The Morgan fingerprint density at radius 1 is 0.900 bits per heavy atom. The molecule has 3 heterocycles. The summed E-state index contributed by atoms with van der Waals surface area (Å²) in [6.45, 7) is 6.27. The maximum Gasteiger partial charge on any atom is 0.232 e. The minimum absolute atomic E-state index is 0.195. The van der Waals surface area contributed by atoms with Gasteiger partial charge < -0.3 is 15.3 Å². The van der Waals surface area contributed by atoms with E-state index in [1.807, 2.05) is 43.6 Å². The molecule has 1 saturated heterocycles. The number of pyridine rings is 1. The van der Waals surface area contributed by atoms with E-state index in [0.717, 1.165) is 38.3 Å². The van der Waals surface area contributed by atoms with E-state index in [-0.39, 0.29) is 6.61 Å². The first-order valence-corrected chi connectivity index (χ1v) is 10.3. The summed E-state index contributed by atoms with van der Waals surface area (Å²) in [6, 6.07) is 12.4. The standard InChI is InChI=1S/C22H27N7O/c1-17-24-21(27-22(25-17)29-12-10-28(11-13-29)14-15-30)26-20-4-2-18(3-5-20)16-19-6-8-23-9-7-19/h2-9,30H,10-16H2,1H3,(H,24,25,26,27). The van der Waals surface area contributed by atoms with Crippen LogP contribution in [0.5, 0.6) is 0 Å². The number of nitrogens with zero attached hydrogens (tertiary/aromatic N) is 6. The van der Waals surface area contributed by atoms with Crippen molar-refractivity contribution in [2.24, 2.45) is 0 Å². The Hall–Kier alpha value is -3.10. The number of nitrogens with one attached hydrogen (secondary N) is 1. The second-order valence-electron chi connectivity index (χ2n) is 7.41. The summed E-state index contributed by atoms with van der Waals surface area (Å²) in [5.74, 6) is 1.94. The third-order valence-corrected chi connectivity index (χ3v) is 5.17. The van der Waals surface area contributed by atoms with Gasteiger partial charge in [-0.3, -0.25) is 9.88 Å². The Morgan fingerprint density at radius 3 is 2.30 bits per heavy atom. The number of β-amino-alcohol motifs (C(OH)–C–C–N with tert-alkyl or cyclic N) is 1. The van der Waals surface area contributed by atoms with E-state index in [1.54, 1.807) is 0 Å². The molecule has 0 unspecified atom stereocenters. The highest BCUT2D eigenvalue weighted by molar-refractivity contribution is 5.55. The zero-order valence-electron chi connectivity index (χ0n) is 17.2. The van der Waals surface area contributed by atoms with E-state index in [1.165, 1.54) is 11.1 Å². The van der Waals surface area contributed by atoms with Gasteiger partial charge in [0.05, 0.1) is 6.61 Å². The minimum atomic E-state index is 0.195. The van der Waals surface area contributed by atoms with Crippen molar-refractivity contribution in [1.82, 2.24) is 24.8 Å². The molecule has 8 nitrogen and oxygen atoms in total. The maximum absolute atomic E-state index is 9.11. The molecule has 4 rings (SSSR count). The molecule has 1 aliphatic heterocycles. The predicted octanol–water partition coefficient (Wildman–Crippen LogP) is 2.02. The van der Waals surface area contributed by atoms with Gasteiger partial charge in [-0.2, -0.15) is 15.0 Å². The summed E-state index contributed by atoms with van der Waals surface area (Å²) < 4.78 is 0. The lowest BCUT2D eigenvalue weighted by atomic mass is 10.1. The molecule has 0 bridgehead atoms. The molecule has 0 amide bonds. The van der Waals surface area contributed by atoms with Gasteiger partial charge in [-0.15, -0.1) is 0 Å². The molecule has 3 aromatic rings. The molecular formula is C22H27N7O. The lowest BCUT2D eigenvalue weighted by molar-refractivity contribution is 0.188. The molecule has 2 N–H and O–H groups in total. The summed E-state index contributed by atoms with van der Waals surface area (Å²) in [7, 11) is 0. The number of aromatic nitrogens is 4. The van der Waals surface area contributed by atoms with Gasteiger partial charge >= 0.3 is 0 Å². The van der Waals surface area contributed by atoms with Gasteiger partial charge in [0.1, 0.15) is 5.82 Å². The summed E-state index contributed by atoms with van der Waals surface area (Å²) in [5, 5.41) is 12.4. The van der Waals surface area contributed by atoms with Crippen LogP contribution in [0.25, 0.3) is 0 Å². The molecule has 8 heteroatoms. The molecular weight excluding hydrogens is 378 g/mol. The van der Waals surface area contributed by atoms with E-state index < -0.39 is 0 Å². The van der Waals surface area contributed by atoms with Gasteiger partial charge in [0.25, 0.3) is 0 Å². The summed E-state index contributed by atoms with van der Waals surface area (Å²) in [4.78, 5) is 22.1. The number of aliphatic hydroxyl groups excluding tert-OH is 1. The highest BCUT2D eigenvalue weighted by atomic mass is 16.3. The number of rotatable bonds is 7. The Morgan fingerprint density at radius 2 is 1.60 bits per heavy atom. The van der Waals surface area contributed by atoms with Crippen molar-refractivity contribution in [2.45, 2.75) is 13.3 Å². The largest absolute Gasteiger partial charge is 0.395 e. The van der Waals surface area contributed by atoms with Gasteiger partial charge in [-0.25, -0.2) is 0 Å². The maximum atomic E-state index is 9.11. The van der Waals surface area contributed by atoms with Crippen LogP contribution in [-0.4, -0.2) is 69.3 Å². The molecule has 0 aliphatic carbocycles. The van der Waals surface area contributed by atoms with Crippen molar-refractivity contribution in [2.75, 3.05) is 49.5 Å². The van der Waals surface area contributed by atoms with Crippen LogP contribution >= 0.6 is 0 Å². The highest BCUT2D eigenvalue weighted by Gasteiger charge is 2.19. The molecule has 30 heavy (non-hydrogen) atoms. The van der Waals surface area contributed by atoms with E-state index >= 15 is 0 Å². The van der Waals surface area contributed by atoms with Crippen molar-refractivity contribution in [1.29, 1.82) is 0 Å². The minimum Gasteiger partial charge on any atom is -0.395 e. The number of piperazine rings is 1. The van der Waals surface area contributed by atoms with Crippen LogP contribution in [0.3, 0.4) is 0 Å². The number of anilines is 3. The average Bonchev–Trinajstić information content (AvgIpc) is 2.76. The first kappa shape index (κ1) is 20.2. The number of benzene rings is 1. The first-order valence-electron chi connectivity index (χ1n) is 10.3. The van der Waals surface area contributed by atoms with Crippen LogP contribution in [-0.2, 0) is 6.42 Å². The SMILES string of the molecule is Cc1nc(Nc2ccc(Cc3ccncc3)cc2)nc(N2CCN(CCO)CC2)n1. The monoisotopic (exact) mass is 405 g/mol. The quantitative estimate of drug-likeness (QED) is 0.617. The van der Waals surface area contributed by atoms with Crippen molar-refractivity contribution in [3.63, 3.8) is 0 Å². The van der Waals surface area contributed by atoms with E-state index in [4.69, 9.17) is 5.11 Å². The molecule has 0 radical (unpaired) electrons. The zero-order valence-corrected chi connectivity index (χ0v) is 17.2. The second kappa shape index (κ2) is 9.60. The second-order valence-corrected chi connectivity index (χ2v) is 7.41. The number of hydrogen-bond donors (Lipinski definition) is 2. The lowest BCUT2D eigenvalue weighted by Crippen LogP contribution is -2.47. The fourth-order valence-electron chi connectivity index (χ4n) is 3.55. The van der Waals surface area contributed by atoms with Crippen LogP contribution in [0.4, 0.5) is 17.6 Å². The number of aryl methyl sites for hydroxylation is 1. The lowest BCUT2D eigenvalue weighted by Gasteiger charge is -2.34. The Labute approximate surface area is 176 Å². The molecule has 1 fully saturated rings. The van der Waals surface area contributed by atoms with Gasteiger partial charge in [-0.05, 0) is 48.7 Å². The van der Waals surface area contributed by atoms with Crippen LogP contribution in [0.15, 0.2) is 48.8 Å². The molecule has 1 aromatic carbocycles. The summed E-state index contributed by atoms with van der Waals surface area (Å²) in [5.41, 5.74) is 3.42. The van der Waals surface area contributed by atoms with Gasteiger partial charge in [0.15, 0.2) is 0 Å². The molecule has 1 aliphatic rings. The highest BCUT2D eigenvalue weighted by Crippen LogP contribution is 2.19. The predicted molar refractivity (Wildman–Crippen MR) is 117 cm³/mol. The third kappa shape index (κ3) is 5.28. The van der Waals surface area contributed by atoms with Gasteiger partial charge in [0, 0.05) is 50.8 Å². The topological polar surface area (TPSA) is 90.3 Å². The molecule has 2 aromatic heterocycles. The Bertz CT molecular complexity index is 941. The van der Waals surface area contributed by atoms with Crippen LogP contribution in [0, 0.1) is 6.92 Å². The molecule has 156 valence electrons. The normalized spacial score (nSPS) is 14.7. The van der Waals surface area contributed by atoms with Gasteiger partial charge in [-0.1, -0.05) is 12.1 Å². The van der Waals surface area contributed by atoms with E-state index in [9.17, 15) is 0 Å². The third-order valence-electron chi connectivity index (χ3n) is 5.17. The van der Waals surface area contributed by atoms with Crippen molar-refractivity contribution >= 4 is 17.6 Å². The first-order chi connectivity index (χ1) is 14.7. The molecule has 0 atom stereocenters.